The molecule has 7 heteroatoms. The molecule has 2 heterocycles. The quantitative estimate of drug-likeness (QED) is 0.719. The van der Waals surface area contributed by atoms with Crippen molar-refractivity contribution in [3.05, 3.63) is 77.6 Å². The standard InChI is InChI=1S/C20H17F3N4/c21-20(22,23)16-7-3-4-8-17(16)26-18-11-19(25-13-24-18)27-10-9-14-5-1-2-6-15(14)12-27/h1-8,11,13H,9-10,12H2,(H,24,25,26). The lowest BCUT2D eigenvalue weighted by molar-refractivity contribution is -0.136. The van der Waals surface area contributed by atoms with Gasteiger partial charge >= 0.3 is 6.18 Å². The number of hydrogen-bond donors (Lipinski definition) is 1. The monoisotopic (exact) mass is 370 g/mol. The minimum Gasteiger partial charge on any atom is -0.352 e. The van der Waals surface area contributed by atoms with E-state index in [1.807, 2.05) is 12.1 Å². The molecule has 0 aliphatic carbocycles. The zero-order chi connectivity index (χ0) is 18.9. The molecule has 0 unspecified atom stereocenters. The zero-order valence-electron chi connectivity index (χ0n) is 14.4. The molecule has 0 atom stereocenters. The molecule has 138 valence electrons. The van der Waals surface area contributed by atoms with Gasteiger partial charge in [-0.25, -0.2) is 9.97 Å². The summed E-state index contributed by atoms with van der Waals surface area (Å²) in [6.45, 7) is 1.51. The van der Waals surface area contributed by atoms with E-state index in [2.05, 4.69) is 32.3 Å². The lowest BCUT2D eigenvalue weighted by atomic mass is 10.00. The largest absolute Gasteiger partial charge is 0.418 e. The van der Waals surface area contributed by atoms with E-state index < -0.39 is 11.7 Å². The molecular weight excluding hydrogens is 353 g/mol. The molecule has 0 amide bonds. The fourth-order valence-electron chi connectivity index (χ4n) is 3.26. The molecule has 0 radical (unpaired) electrons. The van der Waals surface area contributed by atoms with Crippen LogP contribution < -0.4 is 10.2 Å². The van der Waals surface area contributed by atoms with Crippen LogP contribution in [-0.4, -0.2) is 16.5 Å². The minimum atomic E-state index is -4.43. The van der Waals surface area contributed by atoms with E-state index >= 15 is 0 Å². The maximum Gasteiger partial charge on any atom is 0.418 e. The third-order valence-electron chi connectivity index (χ3n) is 4.60. The number of aromatic nitrogens is 2. The number of hydrogen-bond acceptors (Lipinski definition) is 4. The number of alkyl halides is 3. The molecule has 4 nitrogen and oxygen atoms in total. The number of fused-ring (bicyclic) bond motifs is 1. The van der Waals surface area contributed by atoms with Crippen LogP contribution in [0.1, 0.15) is 16.7 Å². The van der Waals surface area contributed by atoms with Gasteiger partial charge in [0.15, 0.2) is 0 Å². The molecule has 3 aromatic rings. The summed E-state index contributed by atoms with van der Waals surface area (Å²) < 4.78 is 39.5. The molecular formula is C20H17F3N4. The van der Waals surface area contributed by atoms with Crippen molar-refractivity contribution >= 4 is 17.3 Å². The summed E-state index contributed by atoms with van der Waals surface area (Å²) in [6, 6.07) is 15.3. The minimum absolute atomic E-state index is 0.0290. The Balaban J connectivity index is 1.58. The number of halogens is 3. The summed E-state index contributed by atoms with van der Waals surface area (Å²) >= 11 is 0. The number of nitrogens with zero attached hydrogens (tertiary/aromatic N) is 3. The second kappa shape index (κ2) is 6.90. The average Bonchev–Trinajstić information content (AvgIpc) is 2.67. The first-order valence-electron chi connectivity index (χ1n) is 8.58. The summed E-state index contributed by atoms with van der Waals surface area (Å²) in [7, 11) is 0. The first kappa shape index (κ1) is 17.3. The van der Waals surface area contributed by atoms with Crippen LogP contribution in [0.3, 0.4) is 0 Å². The van der Waals surface area contributed by atoms with Crippen molar-refractivity contribution < 1.29 is 13.2 Å². The van der Waals surface area contributed by atoms with Crippen molar-refractivity contribution in [2.45, 2.75) is 19.1 Å². The number of para-hydroxylation sites is 1. The van der Waals surface area contributed by atoms with Gasteiger partial charge in [0.2, 0.25) is 0 Å². The Morgan fingerprint density at radius 2 is 1.67 bits per heavy atom. The van der Waals surface area contributed by atoms with Gasteiger partial charge < -0.3 is 10.2 Å². The molecule has 4 rings (SSSR count). The van der Waals surface area contributed by atoms with Gasteiger partial charge in [0.05, 0.1) is 11.3 Å². The van der Waals surface area contributed by atoms with Gasteiger partial charge in [-0.2, -0.15) is 13.2 Å². The topological polar surface area (TPSA) is 41.0 Å². The molecule has 1 aliphatic heterocycles. The summed E-state index contributed by atoms with van der Waals surface area (Å²) in [4.78, 5) is 10.5. The third kappa shape index (κ3) is 3.72. The van der Waals surface area contributed by atoms with Crippen LogP contribution in [0.4, 0.5) is 30.5 Å². The van der Waals surface area contributed by atoms with Crippen molar-refractivity contribution in [3.63, 3.8) is 0 Å². The molecule has 1 N–H and O–H groups in total. The number of benzene rings is 2. The molecule has 2 aromatic carbocycles. The number of nitrogens with one attached hydrogen (secondary N) is 1. The summed E-state index contributed by atoms with van der Waals surface area (Å²) in [6.07, 6.45) is -2.16. The van der Waals surface area contributed by atoms with Crippen LogP contribution in [0.15, 0.2) is 60.9 Å². The number of anilines is 3. The van der Waals surface area contributed by atoms with Gasteiger partial charge in [-0.3, -0.25) is 0 Å². The van der Waals surface area contributed by atoms with Crippen LogP contribution in [-0.2, 0) is 19.1 Å². The van der Waals surface area contributed by atoms with Crippen LogP contribution >= 0.6 is 0 Å². The van der Waals surface area contributed by atoms with Gasteiger partial charge in [0.25, 0.3) is 0 Å². The molecule has 0 saturated heterocycles. The van der Waals surface area contributed by atoms with E-state index in [0.717, 1.165) is 19.0 Å². The molecule has 27 heavy (non-hydrogen) atoms. The van der Waals surface area contributed by atoms with Crippen molar-refractivity contribution in [2.24, 2.45) is 0 Å². The lowest BCUT2D eigenvalue weighted by Gasteiger charge is -2.29. The van der Waals surface area contributed by atoms with Gasteiger partial charge in [0.1, 0.15) is 18.0 Å². The zero-order valence-corrected chi connectivity index (χ0v) is 14.4. The molecule has 1 aliphatic rings. The van der Waals surface area contributed by atoms with E-state index in [-0.39, 0.29) is 5.69 Å². The molecule has 0 saturated carbocycles. The lowest BCUT2D eigenvalue weighted by Crippen LogP contribution is -2.31. The van der Waals surface area contributed by atoms with Crippen LogP contribution in [0, 0.1) is 0 Å². The maximum atomic E-state index is 13.2. The molecule has 0 fully saturated rings. The fourth-order valence-corrected chi connectivity index (χ4v) is 3.26. The van der Waals surface area contributed by atoms with Crippen molar-refractivity contribution in [1.29, 1.82) is 0 Å². The highest BCUT2D eigenvalue weighted by Crippen LogP contribution is 2.36. The Morgan fingerprint density at radius 1 is 0.926 bits per heavy atom. The van der Waals surface area contributed by atoms with E-state index in [1.54, 1.807) is 12.1 Å². The summed E-state index contributed by atoms with van der Waals surface area (Å²) in [5.41, 5.74) is 1.80. The molecule has 0 bridgehead atoms. The van der Waals surface area contributed by atoms with Gasteiger partial charge in [-0.1, -0.05) is 36.4 Å². The third-order valence-corrected chi connectivity index (χ3v) is 4.60. The summed E-state index contributed by atoms with van der Waals surface area (Å²) in [5, 5.41) is 2.78. The van der Waals surface area contributed by atoms with E-state index in [0.29, 0.717) is 18.2 Å². The summed E-state index contributed by atoms with van der Waals surface area (Å²) in [5.74, 6) is 1.02. The van der Waals surface area contributed by atoms with Gasteiger partial charge in [-0.05, 0) is 29.7 Å². The highest BCUT2D eigenvalue weighted by Gasteiger charge is 2.33. The Morgan fingerprint density at radius 3 is 2.48 bits per heavy atom. The molecule has 1 aromatic heterocycles. The SMILES string of the molecule is FC(F)(F)c1ccccc1Nc1cc(N2CCc3ccccc3C2)ncn1. The van der Waals surface area contributed by atoms with Crippen molar-refractivity contribution in [1.82, 2.24) is 9.97 Å². The first-order chi connectivity index (χ1) is 13.0. The van der Waals surface area contributed by atoms with Crippen LogP contribution in [0.25, 0.3) is 0 Å². The van der Waals surface area contributed by atoms with Gasteiger partial charge in [-0.15, -0.1) is 0 Å². The number of rotatable bonds is 3. The highest BCUT2D eigenvalue weighted by atomic mass is 19.4. The smallest absolute Gasteiger partial charge is 0.352 e. The highest BCUT2D eigenvalue weighted by molar-refractivity contribution is 5.63. The Kier molecular flexibility index (Phi) is 4.43. The predicted molar refractivity (Wildman–Crippen MR) is 98.0 cm³/mol. The average molecular weight is 370 g/mol. The maximum absolute atomic E-state index is 13.2. The van der Waals surface area contributed by atoms with E-state index in [9.17, 15) is 13.2 Å². The van der Waals surface area contributed by atoms with E-state index in [1.165, 1.54) is 29.6 Å². The Labute approximate surface area is 154 Å². The second-order valence-electron chi connectivity index (χ2n) is 6.37. The Bertz CT molecular complexity index is 956. The first-order valence-corrected chi connectivity index (χ1v) is 8.58. The van der Waals surface area contributed by atoms with Crippen LogP contribution in [0.5, 0.6) is 0 Å². The fraction of sp³-hybridized carbons (Fsp3) is 0.200. The Hall–Kier alpha value is -3.09. The normalized spacial score (nSPS) is 14.0. The van der Waals surface area contributed by atoms with Crippen molar-refractivity contribution in [2.75, 3.05) is 16.8 Å². The predicted octanol–water partition coefficient (Wildman–Crippen LogP) is 4.80. The molecule has 0 spiro atoms. The van der Waals surface area contributed by atoms with E-state index in [4.69, 9.17) is 0 Å². The second-order valence-corrected chi connectivity index (χ2v) is 6.37. The van der Waals surface area contributed by atoms with Crippen molar-refractivity contribution in [3.8, 4) is 0 Å². The van der Waals surface area contributed by atoms with Gasteiger partial charge in [0, 0.05) is 19.2 Å². The van der Waals surface area contributed by atoms with Crippen LogP contribution in [0.2, 0.25) is 0 Å².